The summed E-state index contributed by atoms with van der Waals surface area (Å²) in [6.45, 7) is 3.95. The van der Waals surface area contributed by atoms with Gasteiger partial charge in [0.05, 0.1) is 13.4 Å². The first-order chi connectivity index (χ1) is 10.7. The van der Waals surface area contributed by atoms with Gasteiger partial charge in [-0.05, 0) is 6.07 Å². The van der Waals surface area contributed by atoms with Crippen LogP contribution in [0.4, 0.5) is 5.13 Å². The van der Waals surface area contributed by atoms with Gasteiger partial charge in [0.2, 0.25) is 0 Å². The van der Waals surface area contributed by atoms with Gasteiger partial charge in [-0.2, -0.15) is 0 Å². The van der Waals surface area contributed by atoms with Crippen molar-refractivity contribution in [3.8, 4) is 0 Å². The number of carbonyl (C=O) groups is 2. The van der Waals surface area contributed by atoms with Gasteiger partial charge in [0.25, 0.3) is 0 Å². The summed E-state index contributed by atoms with van der Waals surface area (Å²) >= 11 is 1.28. The molecule has 0 radical (unpaired) electrons. The summed E-state index contributed by atoms with van der Waals surface area (Å²) in [5, 5.41) is 5.15. The minimum atomic E-state index is -0.602. The molecule has 0 aromatic carbocycles. The van der Waals surface area contributed by atoms with Gasteiger partial charge in [0, 0.05) is 11.9 Å². The van der Waals surface area contributed by atoms with Gasteiger partial charge < -0.3 is 19.2 Å². The zero-order valence-corrected chi connectivity index (χ0v) is 12.6. The molecule has 116 valence electrons. The van der Waals surface area contributed by atoms with Gasteiger partial charge >= 0.3 is 11.9 Å². The second kappa shape index (κ2) is 7.41. The number of anilines is 1. The summed E-state index contributed by atoms with van der Waals surface area (Å²) in [6, 6.07) is 1.45. The Hall–Kier alpha value is -2.61. The van der Waals surface area contributed by atoms with Crippen LogP contribution in [-0.2, 0) is 16.1 Å². The molecule has 0 saturated carbocycles. The third-order valence-electron chi connectivity index (χ3n) is 2.60. The van der Waals surface area contributed by atoms with Crippen molar-refractivity contribution in [3.63, 3.8) is 0 Å². The van der Waals surface area contributed by atoms with Gasteiger partial charge in [-0.1, -0.05) is 6.08 Å². The largest absolute Gasteiger partial charge is 0.465 e. The van der Waals surface area contributed by atoms with Crippen LogP contribution in [0, 0.1) is 0 Å². The Labute approximate surface area is 130 Å². The average Bonchev–Trinajstić information content (AvgIpc) is 3.18. The first-order valence-corrected chi connectivity index (χ1v) is 7.15. The molecule has 0 amide bonds. The molecule has 7 nitrogen and oxygen atoms in total. The molecule has 0 aliphatic rings. The number of hydrogen-bond donors (Lipinski definition) is 1. The van der Waals surface area contributed by atoms with Gasteiger partial charge in [-0.15, -0.1) is 17.9 Å². The summed E-state index contributed by atoms with van der Waals surface area (Å²) in [4.78, 5) is 27.4. The van der Waals surface area contributed by atoms with E-state index in [0.717, 1.165) is 0 Å². The molecular weight excluding hydrogens is 308 g/mol. The zero-order chi connectivity index (χ0) is 15.9. The quantitative estimate of drug-likeness (QED) is 0.618. The molecule has 2 rings (SSSR count). The van der Waals surface area contributed by atoms with Gasteiger partial charge in [-0.25, -0.2) is 14.6 Å². The van der Waals surface area contributed by atoms with Crippen LogP contribution in [0.2, 0.25) is 0 Å². The van der Waals surface area contributed by atoms with E-state index in [4.69, 9.17) is 9.15 Å². The first-order valence-electron chi connectivity index (χ1n) is 6.27. The van der Waals surface area contributed by atoms with Gasteiger partial charge in [0.1, 0.15) is 5.56 Å². The number of ether oxygens (including phenoxy) is 2. The van der Waals surface area contributed by atoms with E-state index in [1.807, 2.05) is 0 Å². The summed E-state index contributed by atoms with van der Waals surface area (Å²) < 4.78 is 14.8. The van der Waals surface area contributed by atoms with Crippen molar-refractivity contribution in [1.82, 2.24) is 4.98 Å². The highest BCUT2D eigenvalue weighted by molar-refractivity contribution is 7.13. The number of furan rings is 1. The lowest BCUT2D eigenvalue weighted by Gasteiger charge is -2.02. The van der Waals surface area contributed by atoms with Crippen LogP contribution < -0.4 is 5.32 Å². The fourth-order valence-corrected chi connectivity index (χ4v) is 2.25. The minimum absolute atomic E-state index is 0.177. The highest BCUT2D eigenvalue weighted by Crippen LogP contribution is 2.17. The Kier molecular flexibility index (Phi) is 5.31. The Morgan fingerprint density at radius 3 is 3.05 bits per heavy atom. The maximum atomic E-state index is 11.9. The molecule has 22 heavy (non-hydrogen) atoms. The molecule has 2 aromatic heterocycles. The average molecular weight is 322 g/mol. The Bertz CT molecular complexity index is 676. The lowest BCUT2D eigenvalue weighted by Crippen LogP contribution is -2.09. The predicted octanol–water partition coefficient (Wildman–Crippen LogP) is 2.48. The van der Waals surface area contributed by atoms with Crippen LogP contribution in [0.15, 0.2) is 34.8 Å². The van der Waals surface area contributed by atoms with Crippen molar-refractivity contribution < 1.29 is 23.5 Å². The van der Waals surface area contributed by atoms with Crippen LogP contribution >= 0.6 is 11.3 Å². The first kappa shape index (κ1) is 15.8. The fraction of sp³-hybridized carbons (Fsp3) is 0.214. The molecule has 0 spiro atoms. The maximum Gasteiger partial charge on any atom is 0.358 e. The fourth-order valence-electron chi connectivity index (χ4n) is 1.56. The van der Waals surface area contributed by atoms with Crippen LogP contribution in [0.25, 0.3) is 0 Å². The van der Waals surface area contributed by atoms with E-state index in [-0.39, 0.29) is 23.6 Å². The maximum absolute atomic E-state index is 11.9. The van der Waals surface area contributed by atoms with Crippen LogP contribution in [0.3, 0.4) is 0 Å². The SMILES string of the molecule is C=CCNc1nc(C(=O)OCc2occc2C(=O)OC)cs1. The highest BCUT2D eigenvalue weighted by Gasteiger charge is 2.18. The van der Waals surface area contributed by atoms with E-state index >= 15 is 0 Å². The number of hydrogen-bond acceptors (Lipinski definition) is 8. The van der Waals surface area contributed by atoms with Crippen LogP contribution in [0.5, 0.6) is 0 Å². The number of aromatic nitrogens is 1. The molecule has 2 heterocycles. The summed E-state index contributed by atoms with van der Waals surface area (Å²) in [5.74, 6) is -0.931. The molecule has 0 atom stereocenters. The number of nitrogens with one attached hydrogen (secondary N) is 1. The molecule has 0 fully saturated rings. The second-order valence-electron chi connectivity index (χ2n) is 4.03. The number of rotatable bonds is 7. The Morgan fingerprint density at radius 1 is 1.50 bits per heavy atom. The van der Waals surface area contributed by atoms with Crippen molar-refractivity contribution in [3.05, 3.63) is 47.4 Å². The number of nitrogens with zero attached hydrogens (tertiary/aromatic N) is 1. The van der Waals surface area contributed by atoms with E-state index in [0.29, 0.717) is 11.7 Å². The third kappa shape index (κ3) is 3.73. The van der Waals surface area contributed by atoms with Crippen LogP contribution in [0.1, 0.15) is 26.6 Å². The van der Waals surface area contributed by atoms with E-state index in [1.165, 1.54) is 30.8 Å². The molecule has 2 aromatic rings. The smallest absolute Gasteiger partial charge is 0.358 e. The predicted molar refractivity (Wildman–Crippen MR) is 80.0 cm³/mol. The Morgan fingerprint density at radius 2 is 2.32 bits per heavy atom. The second-order valence-corrected chi connectivity index (χ2v) is 4.89. The standard InChI is InChI=1S/C14H14N2O5S/c1-3-5-15-14-16-10(8-22-14)13(18)21-7-11-9(4-6-20-11)12(17)19-2/h3-4,6,8H,1,5,7H2,2H3,(H,15,16). The monoisotopic (exact) mass is 322 g/mol. The van der Waals surface area contributed by atoms with Crippen molar-refractivity contribution in [2.24, 2.45) is 0 Å². The molecule has 0 saturated heterocycles. The number of esters is 2. The van der Waals surface area contributed by atoms with Crippen LogP contribution in [-0.4, -0.2) is 30.6 Å². The number of carbonyl (C=O) groups excluding carboxylic acids is 2. The van der Waals surface area contributed by atoms with E-state index in [1.54, 1.807) is 11.5 Å². The lowest BCUT2D eigenvalue weighted by molar-refractivity contribution is 0.0427. The Balaban J connectivity index is 1.95. The highest BCUT2D eigenvalue weighted by atomic mass is 32.1. The molecule has 8 heteroatoms. The topological polar surface area (TPSA) is 90.7 Å². The molecule has 0 aliphatic heterocycles. The molecule has 0 aliphatic carbocycles. The normalized spacial score (nSPS) is 10.0. The van der Waals surface area contributed by atoms with Gasteiger partial charge in [-0.3, -0.25) is 0 Å². The summed E-state index contributed by atoms with van der Waals surface area (Å²) in [7, 11) is 1.26. The minimum Gasteiger partial charge on any atom is -0.465 e. The molecule has 1 N–H and O–H groups in total. The summed E-state index contributed by atoms with van der Waals surface area (Å²) in [6.07, 6.45) is 3.01. The van der Waals surface area contributed by atoms with E-state index in [9.17, 15) is 9.59 Å². The lowest BCUT2D eigenvalue weighted by atomic mass is 10.2. The van der Waals surface area contributed by atoms with Crippen molar-refractivity contribution in [2.45, 2.75) is 6.61 Å². The van der Waals surface area contributed by atoms with Crippen molar-refractivity contribution in [1.29, 1.82) is 0 Å². The van der Waals surface area contributed by atoms with Crippen molar-refractivity contribution >= 4 is 28.4 Å². The molecule has 0 unspecified atom stereocenters. The molecular formula is C14H14N2O5S. The molecule has 0 bridgehead atoms. The number of methoxy groups -OCH3 is 1. The van der Waals surface area contributed by atoms with Crippen molar-refractivity contribution in [2.75, 3.05) is 19.0 Å². The third-order valence-corrected chi connectivity index (χ3v) is 3.40. The summed E-state index contributed by atoms with van der Waals surface area (Å²) in [5.41, 5.74) is 0.407. The van der Waals surface area contributed by atoms with E-state index in [2.05, 4.69) is 21.6 Å². The number of thiazole rings is 1. The van der Waals surface area contributed by atoms with Gasteiger partial charge in [0.15, 0.2) is 23.2 Å². The zero-order valence-electron chi connectivity index (χ0n) is 11.8. The van der Waals surface area contributed by atoms with E-state index < -0.39 is 11.9 Å².